The van der Waals surface area contributed by atoms with Crippen molar-refractivity contribution in [3.63, 3.8) is 0 Å². The molecule has 0 aromatic heterocycles. The predicted molar refractivity (Wildman–Crippen MR) is 80.7 cm³/mol. The van der Waals surface area contributed by atoms with E-state index in [0.717, 1.165) is 30.5 Å². The maximum Gasteiger partial charge on any atom is 0.150 e. The normalized spacial score (nSPS) is 24.2. The van der Waals surface area contributed by atoms with Crippen molar-refractivity contribution in [2.75, 3.05) is 11.6 Å². The van der Waals surface area contributed by atoms with Gasteiger partial charge in [0.15, 0.2) is 0 Å². The van der Waals surface area contributed by atoms with Crippen LogP contribution in [0.4, 0.5) is 5.69 Å². The Morgan fingerprint density at radius 2 is 2.05 bits per heavy atom. The predicted octanol–water partition coefficient (Wildman–Crippen LogP) is 3.42. The Morgan fingerprint density at radius 1 is 1.32 bits per heavy atom. The molecule has 5 heteroatoms. The van der Waals surface area contributed by atoms with E-state index in [4.69, 9.17) is 11.6 Å². The molecule has 106 valence electrons. The second-order valence-corrected chi connectivity index (χ2v) is 8.18. The van der Waals surface area contributed by atoms with E-state index >= 15 is 0 Å². The first-order valence-corrected chi connectivity index (χ1v) is 8.91. The zero-order valence-electron chi connectivity index (χ0n) is 11.3. The monoisotopic (exact) mass is 301 g/mol. The van der Waals surface area contributed by atoms with Crippen molar-refractivity contribution >= 4 is 27.1 Å². The number of rotatable bonds is 3. The number of sulfone groups is 1. The van der Waals surface area contributed by atoms with Gasteiger partial charge in [-0.05, 0) is 43.9 Å². The van der Waals surface area contributed by atoms with Crippen LogP contribution in [0.2, 0.25) is 5.02 Å². The van der Waals surface area contributed by atoms with E-state index in [1.807, 2.05) is 25.1 Å². The fraction of sp³-hybridized carbons (Fsp3) is 0.571. The first kappa shape index (κ1) is 14.7. The minimum absolute atomic E-state index is 0.188. The molecule has 2 atom stereocenters. The highest BCUT2D eigenvalue weighted by molar-refractivity contribution is 7.91. The van der Waals surface area contributed by atoms with Gasteiger partial charge in [0.1, 0.15) is 9.84 Å². The Bertz CT molecular complexity index is 557. The molecular formula is C14H20ClNO2S. The summed E-state index contributed by atoms with van der Waals surface area (Å²) < 4.78 is 23.3. The van der Waals surface area contributed by atoms with Crippen LogP contribution in [0.3, 0.4) is 0 Å². The van der Waals surface area contributed by atoms with Gasteiger partial charge in [0, 0.05) is 12.3 Å². The van der Waals surface area contributed by atoms with Crippen LogP contribution >= 0.6 is 11.6 Å². The van der Waals surface area contributed by atoms with E-state index in [1.54, 1.807) is 0 Å². The van der Waals surface area contributed by atoms with Gasteiger partial charge in [0.2, 0.25) is 0 Å². The topological polar surface area (TPSA) is 46.2 Å². The van der Waals surface area contributed by atoms with E-state index in [2.05, 4.69) is 5.32 Å². The lowest BCUT2D eigenvalue weighted by Crippen LogP contribution is -2.34. The van der Waals surface area contributed by atoms with E-state index in [0.29, 0.717) is 11.4 Å². The molecular weight excluding hydrogens is 282 g/mol. The van der Waals surface area contributed by atoms with Crippen LogP contribution in [0.15, 0.2) is 18.2 Å². The zero-order valence-corrected chi connectivity index (χ0v) is 12.9. The molecule has 1 aliphatic rings. The van der Waals surface area contributed by atoms with Gasteiger partial charge in [-0.25, -0.2) is 8.42 Å². The summed E-state index contributed by atoms with van der Waals surface area (Å²) in [5.74, 6) is 0. The average molecular weight is 302 g/mol. The summed E-state index contributed by atoms with van der Waals surface area (Å²) in [6.07, 6.45) is 4.72. The van der Waals surface area contributed by atoms with Gasteiger partial charge in [-0.1, -0.05) is 24.1 Å². The Balaban J connectivity index is 2.09. The fourth-order valence-corrected chi connectivity index (χ4v) is 3.98. The molecule has 0 saturated heterocycles. The molecule has 1 aliphatic carbocycles. The van der Waals surface area contributed by atoms with Gasteiger partial charge < -0.3 is 5.32 Å². The lowest BCUT2D eigenvalue weighted by molar-refractivity contribution is 0.453. The third-order valence-electron chi connectivity index (χ3n) is 3.71. The number of aryl methyl sites for hydroxylation is 1. The SMILES string of the molecule is Cc1ccc(Cl)c(NC2CCCC(S(C)(=O)=O)C2)c1. The molecule has 0 radical (unpaired) electrons. The van der Waals surface area contributed by atoms with Crippen molar-refractivity contribution in [3.05, 3.63) is 28.8 Å². The fourth-order valence-electron chi connectivity index (χ4n) is 2.63. The van der Waals surface area contributed by atoms with Gasteiger partial charge in [-0.15, -0.1) is 0 Å². The second-order valence-electron chi connectivity index (χ2n) is 5.44. The molecule has 1 saturated carbocycles. The molecule has 2 rings (SSSR count). The first-order valence-electron chi connectivity index (χ1n) is 6.58. The molecule has 3 nitrogen and oxygen atoms in total. The minimum atomic E-state index is -2.94. The van der Waals surface area contributed by atoms with E-state index in [1.165, 1.54) is 6.26 Å². The first-order chi connectivity index (χ1) is 8.86. The molecule has 2 unspecified atom stereocenters. The van der Waals surface area contributed by atoms with Crippen molar-refractivity contribution < 1.29 is 8.42 Å². The van der Waals surface area contributed by atoms with Gasteiger partial charge in [-0.3, -0.25) is 0 Å². The molecule has 0 aliphatic heterocycles. The van der Waals surface area contributed by atoms with Crippen LogP contribution in [0.1, 0.15) is 31.2 Å². The number of benzene rings is 1. The van der Waals surface area contributed by atoms with Crippen molar-refractivity contribution in [2.24, 2.45) is 0 Å². The number of hydrogen-bond donors (Lipinski definition) is 1. The van der Waals surface area contributed by atoms with Crippen molar-refractivity contribution in [2.45, 2.75) is 43.9 Å². The molecule has 0 bridgehead atoms. The van der Waals surface area contributed by atoms with Crippen LogP contribution < -0.4 is 5.32 Å². The third-order valence-corrected chi connectivity index (χ3v) is 5.68. The lowest BCUT2D eigenvalue weighted by atomic mass is 9.94. The molecule has 1 aromatic rings. The minimum Gasteiger partial charge on any atom is -0.381 e. The molecule has 0 heterocycles. The zero-order chi connectivity index (χ0) is 14.0. The average Bonchev–Trinajstić information content (AvgIpc) is 2.33. The van der Waals surface area contributed by atoms with Crippen LogP contribution in [-0.2, 0) is 9.84 Å². The Labute approximate surface area is 120 Å². The highest BCUT2D eigenvalue weighted by Gasteiger charge is 2.28. The van der Waals surface area contributed by atoms with E-state index in [9.17, 15) is 8.42 Å². The Kier molecular flexibility index (Phi) is 4.41. The Hall–Kier alpha value is -0.740. The molecule has 0 amide bonds. The second kappa shape index (κ2) is 5.71. The van der Waals surface area contributed by atoms with Crippen LogP contribution in [0, 0.1) is 6.92 Å². The smallest absolute Gasteiger partial charge is 0.150 e. The van der Waals surface area contributed by atoms with Crippen molar-refractivity contribution in [1.82, 2.24) is 0 Å². The summed E-state index contributed by atoms with van der Waals surface area (Å²) in [4.78, 5) is 0. The molecule has 1 fully saturated rings. The standard InChI is InChI=1S/C14H20ClNO2S/c1-10-6-7-13(15)14(8-10)16-11-4-3-5-12(9-11)19(2,17)18/h6-8,11-12,16H,3-5,9H2,1-2H3. The molecule has 1 N–H and O–H groups in total. The number of halogens is 1. The van der Waals surface area contributed by atoms with Crippen molar-refractivity contribution in [3.8, 4) is 0 Å². The maximum absolute atomic E-state index is 11.7. The van der Waals surface area contributed by atoms with E-state index < -0.39 is 9.84 Å². The summed E-state index contributed by atoms with van der Waals surface area (Å²) in [6, 6.07) is 6.03. The van der Waals surface area contributed by atoms with Gasteiger partial charge in [-0.2, -0.15) is 0 Å². The quantitative estimate of drug-likeness (QED) is 0.930. The molecule has 19 heavy (non-hydrogen) atoms. The van der Waals surface area contributed by atoms with Crippen LogP contribution in [0.5, 0.6) is 0 Å². The van der Waals surface area contributed by atoms with Gasteiger partial charge >= 0.3 is 0 Å². The lowest BCUT2D eigenvalue weighted by Gasteiger charge is -2.29. The summed E-state index contributed by atoms with van der Waals surface area (Å²) in [5, 5.41) is 3.86. The maximum atomic E-state index is 11.7. The van der Waals surface area contributed by atoms with Crippen molar-refractivity contribution in [1.29, 1.82) is 0 Å². The van der Waals surface area contributed by atoms with Crippen LogP contribution in [0.25, 0.3) is 0 Å². The summed E-state index contributed by atoms with van der Waals surface area (Å²) >= 11 is 6.16. The summed E-state index contributed by atoms with van der Waals surface area (Å²) in [7, 11) is -2.94. The molecule has 0 spiro atoms. The summed E-state index contributed by atoms with van der Waals surface area (Å²) in [6.45, 7) is 2.02. The number of nitrogens with one attached hydrogen (secondary N) is 1. The van der Waals surface area contributed by atoms with E-state index in [-0.39, 0.29) is 11.3 Å². The van der Waals surface area contributed by atoms with Crippen LogP contribution in [-0.4, -0.2) is 26.0 Å². The van der Waals surface area contributed by atoms with Gasteiger partial charge in [0.25, 0.3) is 0 Å². The van der Waals surface area contributed by atoms with Gasteiger partial charge in [0.05, 0.1) is 16.0 Å². The summed E-state index contributed by atoms with van der Waals surface area (Å²) in [5.41, 5.74) is 2.04. The highest BCUT2D eigenvalue weighted by Crippen LogP contribution is 2.29. The largest absolute Gasteiger partial charge is 0.381 e. The Morgan fingerprint density at radius 3 is 2.74 bits per heavy atom. The number of anilines is 1. The number of hydrogen-bond acceptors (Lipinski definition) is 3. The highest BCUT2D eigenvalue weighted by atomic mass is 35.5. The third kappa shape index (κ3) is 3.86. The molecule has 1 aromatic carbocycles.